The van der Waals surface area contributed by atoms with Crippen molar-refractivity contribution in [2.24, 2.45) is 0 Å². The van der Waals surface area contributed by atoms with Crippen molar-refractivity contribution < 1.29 is 18.0 Å². The lowest BCUT2D eigenvalue weighted by Gasteiger charge is -2.10. The molecule has 2 aromatic heterocycles. The molecule has 0 saturated carbocycles. The van der Waals surface area contributed by atoms with Crippen LogP contribution in [0.25, 0.3) is 0 Å². The van der Waals surface area contributed by atoms with Crippen LogP contribution in [0.1, 0.15) is 46.6 Å². The fraction of sp³-hybridized carbons (Fsp3) is 0.375. The van der Waals surface area contributed by atoms with Gasteiger partial charge in [-0.25, -0.2) is 0 Å². The summed E-state index contributed by atoms with van der Waals surface area (Å²) in [6, 6.07) is 0.886. The highest BCUT2D eigenvalue weighted by molar-refractivity contribution is 7.10. The Morgan fingerprint density at radius 1 is 1.30 bits per heavy atom. The van der Waals surface area contributed by atoms with Crippen LogP contribution >= 0.6 is 11.3 Å². The smallest absolute Gasteiger partial charge is 0.321 e. The van der Waals surface area contributed by atoms with Gasteiger partial charge in [0, 0.05) is 16.5 Å². The number of aryl methyl sites for hydroxylation is 1. The van der Waals surface area contributed by atoms with Crippen molar-refractivity contribution in [2.75, 3.05) is 5.32 Å². The van der Waals surface area contributed by atoms with E-state index in [1.165, 1.54) is 17.5 Å². The Hall–Kier alpha value is -1.89. The first-order valence-electron chi connectivity index (χ1n) is 7.29. The number of halogens is 3. The van der Waals surface area contributed by atoms with E-state index in [0.717, 1.165) is 42.0 Å². The summed E-state index contributed by atoms with van der Waals surface area (Å²) >= 11 is 1.51. The molecular weight excluding hydrogens is 325 g/mol. The molecule has 0 saturated heterocycles. The maximum atomic E-state index is 12.7. The molecule has 1 N–H and O–H groups in total. The maximum absolute atomic E-state index is 12.7. The van der Waals surface area contributed by atoms with Gasteiger partial charge in [-0.2, -0.15) is 13.2 Å². The minimum atomic E-state index is -4.49. The highest BCUT2D eigenvalue weighted by Gasteiger charge is 2.31. The van der Waals surface area contributed by atoms with E-state index in [1.807, 2.05) is 13.8 Å². The summed E-state index contributed by atoms with van der Waals surface area (Å²) in [6.45, 7) is 4.04. The molecule has 2 aromatic rings. The average molecular weight is 342 g/mol. The lowest BCUT2D eigenvalue weighted by Crippen LogP contribution is -2.15. The number of hydrogen-bond acceptors (Lipinski definition) is 3. The van der Waals surface area contributed by atoms with E-state index in [-0.39, 0.29) is 5.69 Å². The maximum Gasteiger partial charge on any atom is 0.417 e. The Bertz CT molecular complexity index is 695. The van der Waals surface area contributed by atoms with Crippen LogP contribution in [0.2, 0.25) is 0 Å². The van der Waals surface area contributed by atoms with Crippen LogP contribution in [-0.2, 0) is 19.0 Å². The van der Waals surface area contributed by atoms with Crippen LogP contribution in [0.15, 0.2) is 23.8 Å². The number of nitrogens with one attached hydrogen (secondary N) is 1. The van der Waals surface area contributed by atoms with E-state index in [0.29, 0.717) is 5.56 Å². The first-order chi connectivity index (χ1) is 10.9. The van der Waals surface area contributed by atoms with Crippen molar-refractivity contribution >= 4 is 22.9 Å². The Morgan fingerprint density at radius 2 is 2.04 bits per heavy atom. The largest absolute Gasteiger partial charge is 0.417 e. The van der Waals surface area contributed by atoms with Crippen molar-refractivity contribution in [1.82, 2.24) is 4.98 Å². The molecule has 7 heteroatoms. The molecule has 0 aromatic carbocycles. The molecule has 0 radical (unpaired) electrons. The van der Waals surface area contributed by atoms with E-state index in [4.69, 9.17) is 0 Å². The van der Waals surface area contributed by atoms with Crippen molar-refractivity contribution in [1.29, 1.82) is 0 Å². The van der Waals surface area contributed by atoms with Gasteiger partial charge in [-0.1, -0.05) is 20.3 Å². The summed E-state index contributed by atoms with van der Waals surface area (Å²) in [5.74, 6) is -0.398. The van der Waals surface area contributed by atoms with Crippen LogP contribution in [0.5, 0.6) is 0 Å². The molecule has 0 fully saturated rings. The average Bonchev–Trinajstić information content (AvgIpc) is 2.90. The molecule has 0 atom stereocenters. The van der Waals surface area contributed by atoms with Gasteiger partial charge in [0.05, 0.1) is 23.0 Å². The van der Waals surface area contributed by atoms with Gasteiger partial charge in [0.1, 0.15) is 0 Å². The summed E-state index contributed by atoms with van der Waals surface area (Å²) in [5, 5.41) is 4.28. The number of alkyl halides is 3. The second kappa shape index (κ2) is 7.12. The van der Waals surface area contributed by atoms with E-state index in [9.17, 15) is 18.0 Å². The summed E-state index contributed by atoms with van der Waals surface area (Å²) in [7, 11) is 0. The Kier molecular flexibility index (Phi) is 5.41. The van der Waals surface area contributed by atoms with Gasteiger partial charge in [0.15, 0.2) is 0 Å². The second-order valence-corrected chi connectivity index (χ2v) is 6.03. The van der Waals surface area contributed by atoms with Gasteiger partial charge >= 0.3 is 6.18 Å². The van der Waals surface area contributed by atoms with Crippen molar-refractivity contribution in [3.05, 3.63) is 45.4 Å². The SMILES string of the molecule is CCCc1c(C(=O)Nc2cncc(C(F)(F)F)c2)csc1CC. The molecular formula is C16H17F3N2OS. The summed E-state index contributed by atoms with van der Waals surface area (Å²) in [5.41, 5.74) is 0.670. The number of nitrogens with zero attached hydrogens (tertiary/aromatic N) is 1. The fourth-order valence-electron chi connectivity index (χ4n) is 2.30. The van der Waals surface area contributed by atoms with E-state index in [2.05, 4.69) is 10.3 Å². The normalized spacial score (nSPS) is 11.5. The molecule has 0 unspecified atom stereocenters. The van der Waals surface area contributed by atoms with Gasteiger partial charge in [-0.3, -0.25) is 9.78 Å². The van der Waals surface area contributed by atoms with Crippen LogP contribution in [0, 0.1) is 0 Å². The van der Waals surface area contributed by atoms with Crippen molar-refractivity contribution in [2.45, 2.75) is 39.3 Å². The summed E-state index contributed by atoms with van der Waals surface area (Å²) < 4.78 is 38.1. The standard InChI is InChI=1S/C16H17F3N2OS/c1-3-5-12-13(9-23-14(12)4-2)15(22)21-11-6-10(7-20-8-11)16(17,18)19/h6-9H,3-5H2,1-2H3,(H,21,22). The van der Waals surface area contributed by atoms with Gasteiger partial charge in [-0.05, 0) is 24.5 Å². The van der Waals surface area contributed by atoms with E-state index >= 15 is 0 Å². The number of amides is 1. The fourth-order valence-corrected chi connectivity index (χ4v) is 3.33. The first kappa shape index (κ1) is 17.5. The number of carbonyl (C=O) groups is 1. The van der Waals surface area contributed by atoms with E-state index in [1.54, 1.807) is 5.38 Å². The molecule has 0 spiro atoms. The zero-order valence-corrected chi connectivity index (χ0v) is 13.6. The highest BCUT2D eigenvalue weighted by atomic mass is 32.1. The predicted octanol–water partition coefficient (Wildman–Crippen LogP) is 4.93. The van der Waals surface area contributed by atoms with Crippen LogP contribution < -0.4 is 5.32 Å². The quantitative estimate of drug-likeness (QED) is 0.837. The number of anilines is 1. The third-order valence-corrected chi connectivity index (χ3v) is 4.54. The Morgan fingerprint density at radius 3 is 2.65 bits per heavy atom. The number of aromatic nitrogens is 1. The number of thiophene rings is 1. The molecule has 0 aliphatic carbocycles. The minimum absolute atomic E-state index is 0.0384. The first-order valence-corrected chi connectivity index (χ1v) is 8.17. The Balaban J connectivity index is 2.24. The Labute approximate surface area is 136 Å². The van der Waals surface area contributed by atoms with Gasteiger partial charge < -0.3 is 5.32 Å². The molecule has 23 heavy (non-hydrogen) atoms. The van der Waals surface area contributed by atoms with Gasteiger partial charge in [0.2, 0.25) is 0 Å². The number of pyridine rings is 1. The molecule has 2 rings (SSSR count). The third kappa shape index (κ3) is 4.10. The highest BCUT2D eigenvalue weighted by Crippen LogP contribution is 2.30. The van der Waals surface area contributed by atoms with Crippen LogP contribution in [0.4, 0.5) is 18.9 Å². The van der Waals surface area contributed by atoms with Crippen molar-refractivity contribution in [3.63, 3.8) is 0 Å². The van der Waals surface area contributed by atoms with Gasteiger partial charge in [-0.15, -0.1) is 11.3 Å². The zero-order valence-electron chi connectivity index (χ0n) is 12.8. The number of hydrogen-bond donors (Lipinski definition) is 1. The molecule has 3 nitrogen and oxygen atoms in total. The third-order valence-electron chi connectivity index (χ3n) is 3.37. The molecule has 1 amide bonds. The molecule has 0 bridgehead atoms. The molecule has 2 heterocycles. The molecule has 0 aliphatic rings. The predicted molar refractivity (Wildman–Crippen MR) is 84.9 cm³/mol. The number of rotatable bonds is 5. The lowest BCUT2D eigenvalue weighted by molar-refractivity contribution is -0.137. The topological polar surface area (TPSA) is 42.0 Å². The van der Waals surface area contributed by atoms with Crippen LogP contribution in [0.3, 0.4) is 0 Å². The lowest BCUT2D eigenvalue weighted by atomic mass is 10.0. The monoisotopic (exact) mass is 342 g/mol. The summed E-state index contributed by atoms with van der Waals surface area (Å²) in [4.78, 5) is 17.1. The van der Waals surface area contributed by atoms with E-state index < -0.39 is 17.6 Å². The van der Waals surface area contributed by atoms with Crippen molar-refractivity contribution in [3.8, 4) is 0 Å². The van der Waals surface area contributed by atoms with Crippen LogP contribution in [-0.4, -0.2) is 10.9 Å². The zero-order chi connectivity index (χ0) is 17.0. The minimum Gasteiger partial charge on any atom is -0.321 e. The molecule has 124 valence electrons. The molecule has 0 aliphatic heterocycles. The number of carbonyl (C=O) groups excluding carboxylic acids is 1. The summed E-state index contributed by atoms with van der Waals surface area (Å²) in [6.07, 6.45) is -0.0413. The second-order valence-electron chi connectivity index (χ2n) is 5.07. The van der Waals surface area contributed by atoms with Gasteiger partial charge in [0.25, 0.3) is 5.91 Å².